The van der Waals surface area contributed by atoms with Gasteiger partial charge in [0.15, 0.2) is 4.84 Å². The standard InChI is InChI=1S/C11H13Cl2N3O4/c12-10(13)11(18)15-6-9(17)5-14-7-1-3-8(4-2-7)16(19)20/h1-4,9-10,14,17H,5-6H2,(H,15,18). The smallest absolute Gasteiger partial charge is 0.269 e. The monoisotopic (exact) mass is 321 g/mol. The van der Waals surface area contributed by atoms with E-state index in [2.05, 4.69) is 10.6 Å². The van der Waals surface area contributed by atoms with Gasteiger partial charge in [0.1, 0.15) is 0 Å². The summed E-state index contributed by atoms with van der Waals surface area (Å²) in [7, 11) is 0. The number of nitro benzene ring substituents is 1. The van der Waals surface area contributed by atoms with Crippen molar-refractivity contribution in [3.63, 3.8) is 0 Å². The Morgan fingerprint density at radius 3 is 2.40 bits per heavy atom. The number of non-ortho nitro benzene ring substituents is 1. The maximum absolute atomic E-state index is 11.1. The molecule has 0 aliphatic heterocycles. The van der Waals surface area contributed by atoms with Crippen molar-refractivity contribution < 1.29 is 14.8 Å². The van der Waals surface area contributed by atoms with Gasteiger partial charge in [-0.25, -0.2) is 0 Å². The van der Waals surface area contributed by atoms with E-state index in [1.165, 1.54) is 24.3 Å². The summed E-state index contributed by atoms with van der Waals surface area (Å²) in [4.78, 5) is 19.8. The topological polar surface area (TPSA) is 104 Å². The molecule has 3 N–H and O–H groups in total. The highest BCUT2D eigenvalue weighted by molar-refractivity contribution is 6.53. The van der Waals surface area contributed by atoms with Crippen LogP contribution in [0.15, 0.2) is 24.3 Å². The van der Waals surface area contributed by atoms with Gasteiger partial charge >= 0.3 is 0 Å². The van der Waals surface area contributed by atoms with Crippen molar-refractivity contribution in [1.29, 1.82) is 0 Å². The predicted octanol–water partition coefficient (Wildman–Crippen LogP) is 1.29. The van der Waals surface area contributed by atoms with Crippen molar-refractivity contribution in [1.82, 2.24) is 5.32 Å². The van der Waals surface area contributed by atoms with Crippen LogP contribution in [-0.4, -0.2) is 40.0 Å². The van der Waals surface area contributed by atoms with E-state index in [-0.39, 0.29) is 18.8 Å². The van der Waals surface area contributed by atoms with Gasteiger partial charge in [-0.3, -0.25) is 14.9 Å². The number of nitrogens with zero attached hydrogens (tertiary/aromatic N) is 1. The molecule has 0 heterocycles. The van der Waals surface area contributed by atoms with Crippen molar-refractivity contribution in [2.45, 2.75) is 10.9 Å². The summed E-state index contributed by atoms with van der Waals surface area (Å²) >= 11 is 10.7. The third-order valence-electron chi connectivity index (χ3n) is 2.33. The fraction of sp³-hybridized carbons (Fsp3) is 0.364. The number of nitrogens with one attached hydrogen (secondary N) is 2. The van der Waals surface area contributed by atoms with E-state index in [9.17, 15) is 20.0 Å². The van der Waals surface area contributed by atoms with Crippen molar-refractivity contribution in [2.75, 3.05) is 18.4 Å². The number of carbonyl (C=O) groups excluding carboxylic acids is 1. The van der Waals surface area contributed by atoms with E-state index in [1.54, 1.807) is 0 Å². The van der Waals surface area contributed by atoms with Gasteiger partial charge in [-0.2, -0.15) is 0 Å². The molecule has 9 heteroatoms. The third-order valence-corrected chi connectivity index (χ3v) is 2.73. The van der Waals surface area contributed by atoms with Crippen LogP contribution in [0.3, 0.4) is 0 Å². The Labute approximate surface area is 125 Å². The number of halogens is 2. The first-order valence-corrected chi connectivity index (χ1v) is 6.49. The number of hydrogen-bond donors (Lipinski definition) is 3. The SMILES string of the molecule is O=C(NCC(O)CNc1ccc([N+](=O)[O-])cc1)C(Cl)Cl. The number of amides is 1. The highest BCUT2D eigenvalue weighted by atomic mass is 35.5. The van der Waals surface area contributed by atoms with Crippen molar-refractivity contribution >= 4 is 40.5 Å². The molecule has 0 bridgehead atoms. The minimum atomic E-state index is -1.18. The molecule has 1 atom stereocenters. The molecule has 7 nitrogen and oxygen atoms in total. The summed E-state index contributed by atoms with van der Waals surface area (Å²) in [6.45, 7) is 0.155. The Kier molecular flexibility index (Phi) is 6.50. The number of benzene rings is 1. The molecule has 0 saturated heterocycles. The van der Waals surface area contributed by atoms with Gasteiger partial charge in [-0.1, -0.05) is 23.2 Å². The Morgan fingerprint density at radius 1 is 1.30 bits per heavy atom. The molecule has 1 amide bonds. The number of anilines is 1. The molecule has 0 spiro atoms. The molecular formula is C11H13Cl2N3O4. The van der Waals surface area contributed by atoms with Crippen LogP contribution in [-0.2, 0) is 4.79 Å². The molecular weight excluding hydrogens is 309 g/mol. The van der Waals surface area contributed by atoms with E-state index in [1.807, 2.05) is 0 Å². The van der Waals surface area contributed by atoms with E-state index in [0.717, 1.165) is 0 Å². The van der Waals surface area contributed by atoms with Gasteiger partial charge in [0.2, 0.25) is 0 Å². The molecule has 1 unspecified atom stereocenters. The first kappa shape index (κ1) is 16.5. The number of hydrogen-bond acceptors (Lipinski definition) is 5. The molecule has 0 radical (unpaired) electrons. The normalized spacial score (nSPS) is 12.0. The fourth-order valence-electron chi connectivity index (χ4n) is 1.30. The van der Waals surface area contributed by atoms with Gasteiger partial charge in [-0.05, 0) is 12.1 Å². The van der Waals surface area contributed by atoms with Gasteiger partial charge in [0.05, 0.1) is 11.0 Å². The number of aliphatic hydroxyl groups is 1. The van der Waals surface area contributed by atoms with E-state index < -0.39 is 21.8 Å². The molecule has 1 aromatic carbocycles. The molecule has 20 heavy (non-hydrogen) atoms. The summed E-state index contributed by atoms with van der Waals surface area (Å²) in [5, 5.41) is 25.3. The zero-order valence-corrected chi connectivity index (χ0v) is 11.8. The van der Waals surface area contributed by atoms with E-state index in [4.69, 9.17) is 23.2 Å². The molecule has 0 fully saturated rings. The number of carbonyl (C=O) groups is 1. The molecule has 110 valence electrons. The molecule has 1 aromatic rings. The summed E-state index contributed by atoms with van der Waals surface area (Å²) in [5.74, 6) is -0.581. The predicted molar refractivity (Wildman–Crippen MR) is 76.1 cm³/mol. The van der Waals surface area contributed by atoms with Gasteiger partial charge in [0, 0.05) is 30.9 Å². The molecule has 1 rings (SSSR count). The van der Waals surface area contributed by atoms with Crippen LogP contribution in [0, 0.1) is 10.1 Å². The lowest BCUT2D eigenvalue weighted by Gasteiger charge is -2.13. The maximum Gasteiger partial charge on any atom is 0.269 e. The van der Waals surface area contributed by atoms with Crippen molar-refractivity contribution in [2.24, 2.45) is 0 Å². The average molecular weight is 322 g/mol. The van der Waals surface area contributed by atoms with E-state index >= 15 is 0 Å². The highest BCUT2D eigenvalue weighted by Gasteiger charge is 2.13. The second-order valence-electron chi connectivity index (χ2n) is 3.88. The van der Waals surface area contributed by atoms with Crippen LogP contribution in [0.2, 0.25) is 0 Å². The molecule has 0 saturated carbocycles. The summed E-state index contributed by atoms with van der Waals surface area (Å²) in [6, 6.07) is 5.75. The van der Waals surface area contributed by atoms with E-state index in [0.29, 0.717) is 5.69 Å². The first-order valence-electron chi connectivity index (χ1n) is 5.62. The minimum Gasteiger partial charge on any atom is -0.389 e. The first-order chi connectivity index (χ1) is 9.40. The Bertz CT molecular complexity index is 467. The van der Waals surface area contributed by atoms with Crippen molar-refractivity contribution in [3.05, 3.63) is 34.4 Å². The summed E-state index contributed by atoms with van der Waals surface area (Å²) in [5.41, 5.74) is 0.604. The third kappa shape index (κ3) is 5.60. The zero-order valence-electron chi connectivity index (χ0n) is 10.3. The largest absolute Gasteiger partial charge is 0.389 e. The highest BCUT2D eigenvalue weighted by Crippen LogP contribution is 2.15. The average Bonchev–Trinajstić information content (AvgIpc) is 2.42. The molecule has 0 aromatic heterocycles. The molecule has 0 aliphatic carbocycles. The minimum absolute atomic E-state index is 0.00520. The summed E-state index contributed by atoms with van der Waals surface area (Å²) in [6.07, 6.45) is -0.846. The van der Waals surface area contributed by atoms with Crippen molar-refractivity contribution in [3.8, 4) is 0 Å². The van der Waals surface area contributed by atoms with Gasteiger partial charge in [0.25, 0.3) is 11.6 Å². The number of rotatable bonds is 7. The number of alkyl halides is 2. The Hall–Kier alpha value is -1.57. The Morgan fingerprint density at radius 2 is 1.90 bits per heavy atom. The number of aliphatic hydroxyl groups excluding tert-OH is 1. The van der Waals surface area contributed by atoms with Crippen LogP contribution in [0.25, 0.3) is 0 Å². The lowest BCUT2D eigenvalue weighted by atomic mass is 10.2. The molecule has 0 aliphatic rings. The zero-order chi connectivity index (χ0) is 15.1. The second-order valence-corrected chi connectivity index (χ2v) is 4.98. The van der Waals surface area contributed by atoms with Crippen LogP contribution in [0.4, 0.5) is 11.4 Å². The second kappa shape index (κ2) is 7.88. The summed E-state index contributed by atoms with van der Waals surface area (Å²) < 4.78 is 0. The number of nitro groups is 1. The lowest BCUT2D eigenvalue weighted by Crippen LogP contribution is -2.38. The van der Waals surface area contributed by atoms with Crippen LogP contribution < -0.4 is 10.6 Å². The van der Waals surface area contributed by atoms with Crippen LogP contribution >= 0.6 is 23.2 Å². The maximum atomic E-state index is 11.1. The Balaban J connectivity index is 2.35. The van der Waals surface area contributed by atoms with Crippen LogP contribution in [0.1, 0.15) is 0 Å². The fourth-order valence-corrected chi connectivity index (χ4v) is 1.46. The van der Waals surface area contributed by atoms with Crippen LogP contribution in [0.5, 0.6) is 0 Å². The van der Waals surface area contributed by atoms with Gasteiger partial charge < -0.3 is 15.7 Å². The van der Waals surface area contributed by atoms with Gasteiger partial charge in [-0.15, -0.1) is 0 Å². The lowest BCUT2D eigenvalue weighted by molar-refractivity contribution is -0.384. The quantitative estimate of drug-likeness (QED) is 0.399.